The Labute approximate surface area is 229 Å². The summed E-state index contributed by atoms with van der Waals surface area (Å²) in [6.45, 7) is 0. The Kier molecular flexibility index (Phi) is 7.92. The molecular formula is C33H31ClN2O2. The molecule has 38 heavy (non-hydrogen) atoms. The lowest BCUT2D eigenvalue weighted by Crippen LogP contribution is -2.37. The molecule has 0 bridgehead atoms. The van der Waals surface area contributed by atoms with Gasteiger partial charge in [0.25, 0.3) is 0 Å². The summed E-state index contributed by atoms with van der Waals surface area (Å²) >= 11 is 6.38. The number of aliphatic hydroxyl groups is 1. The van der Waals surface area contributed by atoms with Crippen molar-refractivity contribution in [2.75, 3.05) is 7.11 Å². The first kappa shape index (κ1) is 25.8. The smallest absolute Gasteiger partial charge is 0.121 e. The van der Waals surface area contributed by atoms with Gasteiger partial charge in [-0.25, -0.2) is 4.98 Å². The number of hydrogen-bond donors (Lipinski definition) is 1. The van der Waals surface area contributed by atoms with Gasteiger partial charge in [0.15, 0.2) is 0 Å². The summed E-state index contributed by atoms with van der Waals surface area (Å²) in [4.78, 5) is 4.70. The molecule has 0 saturated heterocycles. The summed E-state index contributed by atoms with van der Waals surface area (Å²) < 4.78 is 7.46. The highest BCUT2D eigenvalue weighted by molar-refractivity contribution is 6.31. The van der Waals surface area contributed by atoms with Crippen molar-refractivity contribution in [1.29, 1.82) is 0 Å². The van der Waals surface area contributed by atoms with E-state index in [1.165, 1.54) is 0 Å². The Bertz CT molecular complexity index is 1360. The fourth-order valence-electron chi connectivity index (χ4n) is 5.18. The van der Waals surface area contributed by atoms with Crippen molar-refractivity contribution in [2.45, 2.75) is 30.9 Å². The van der Waals surface area contributed by atoms with Crippen molar-refractivity contribution in [3.63, 3.8) is 0 Å². The van der Waals surface area contributed by atoms with Crippen LogP contribution in [-0.2, 0) is 12.0 Å². The minimum absolute atomic E-state index is 0.569. The van der Waals surface area contributed by atoms with Crippen molar-refractivity contribution in [2.24, 2.45) is 0 Å². The molecule has 0 aliphatic carbocycles. The van der Waals surface area contributed by atoms with E-state index < -0.39 is 11.6 Å². The number of hydrogen-bond acceptors (Lipinski definition) is 3. The van der Waals surface area contributed by atoms with Gasteiger partial charge in [0.1, 0.15) is 11.3 Å². The Balaban J connectivity index is 1.48. The summed E-state index contributed by atoms with van der Waals surface area (Å²) in [5.74, 6) is 0.780. The third-order valence-corrected chi connectivity index (χ3v) is 7.45. The molecule has 0 aliphatic rings. The number of imidazole rings is 1. The molecule has 4 nitrogen and oxygen atoms in total. The maximum absolute atomic E-state index is 11.1. The Hall–Kier alpha value is -3.86. The van der Waals surface area contributed by atoms with E-state index in [1.807, 2.05) is 48.9 Å². The van der Waals surface area contributed by atoms with Gasteiger partial charge in [-0.3, -0.25) is 0 Å². The van der Waals surface area contributed by atoms with Crippen molar-refractivity contribution >= 4 is 11.6 Å². The number of halogens is 1. The summed E-state index contributed by atoms with van der Waals surface area (Å²) in [6.07, 6.45) is 5.21. The lowest BCUT2D eigenvalue weighted by Gasteiger charge is -2.37. The molecule has 0 fully saturated rings. The number of aliphatic hydroxyl groups excluding tert-OH is 1. The number of aromatic nitrogens is 2. The normalized spacial score (nSPS) is 12.3. The quantitative estimate of drug-likeness (QED) is 0.194. The number of benzene rings is 4. The van der Waals surface area contributed by atoms with E-state index in [9.17, 15) is 5.11 Å². The van der Waals surface area contributed by atoms with Crippen molar-refractivity contribution in [1.82, 2.24) is 9.55 Å². The van der Waals surface area contributed by atoms with Crippen molar-refractivity contribution in [3.8, 4) is 5.75 Å². The van der Waals surface area contributed by atoms with Gasteiger partial charge >= 0.3 is 0 Å². The SMILES string of the molecule is COc1ccc(Cl)c(CCCC(O)c2cn(C(c3ccccc3)(c3ccccc3)c3ccccc3)cn2)c1. The van der Waals surface area contributed by atoms with Crippen LogP contribution < -0.4 is 4.74 Å². The average Bonchev–Trinajstić information content (AvgIpc) is 3.47. The van der Waals surface area contributed by atoms with Gasteiger partial charge in [-0.05, 0) is 59.7 Å². The maximum Gasteiger partial charge on any atom is 0.121 e. The van der Waals surface area contributed by atoms with Crippen LogP contribution in [0.3, 0.4) is 0 Å². The molecule has 5 rings (SSSR count). The molecular weight excluding hydrogens is 492 g/mol. The van der Waals surface area contributed by atoms with Crippen LogP contribution in [0.1, 0.15) is 46.9 Å². The summed E-state index contributed by atoms with van der Waals surface area (Å²) in [7, 11) is 1.65. The number of rotatable bonds is 10. The van der Waals surface area contributed by atoms with Gasteiger partial charge in [0, 0.05) is 11.2 Å². The largest absolute Gasteiger partial charge is 0.497 e. The van der Waals surface area contributed by atoms with E-state index in [4.69, 9.17) is 21.3 Å². The first-order valence-corrected chi connectivity index (χ1v) is 13.2. The molecule has 0 aliphatic heterocycles. The van der Waals surface area contributed by atoms with Gasteiger partial charge in [0.2, 0.25) is 0 Å². The summed E-state index contributed by atoms with van der Waals surface area (Å²) in [6, 6.07) is 37.0. The van der Waals surface area contributed by atoms with Crippen LogP contribution in [0.25, 0.3) is 0 Å². The molecule has 1 N–H and O–H groups in total. The highest BCUT2D eigenvalue weighted by Gasteiger charge is 2.38. The van der Waals surface area contributed by atoms with Crippen LogP contribution in [0, 0.1) is 0 Å². The van der Waals surface area contributed by atoms with Crippen molar-refractivity contribution in [3.05, 3.63) is 155 Å². The second-order valence-corrected chi connectivity index (χ2v) is 9.79. The standard InChI is InChI=1S/C33H31ClN2O2/c1-38-29-20-21-30(34)25(22-29)12-11-19-32(37)31-23-36(24-35-31)33(26-13-5-2-6-14-26,27-15-7-3-8-16-27)28-17-9-4-10-18-28/h2-10,13-18,20-24,32,37H,11-12,19H2,1H3. The van der Waals surface area contributed by atoms with Crippen LogP contribution >= 0.6 is 11.6 Å². The molecule has 5 heteroatoms. The highest BCUT2D eigenvalue weighted by Crippen LogP contribution is 2.41. The zero-order valence-electron chi connectivity index (χ0n) is 21.4. The molecule has 0 amide bonds. The Morgan fingerprint density at radius 2 is 1.39 bits per heavy atom. The minimum Gasteiger partial charge on any atom is -0.497 e. The highest BCUT2D eigenvalue weighted by atomic mass is 35.5. The van der Waals surface area contributed by atoms with Gasteiger partial charge in [-0.15, -0.1) is 0 Å². The van der Waals surface area contributed by atoms with E-state index in [0.717, 1.165) is 40.8 Å². The number of aryl methyl sites for hydroxylation is 1. The third-order valence-electron chi connectivity index (χ3n) is 7.08. The molecule has 1 aromatic heterocycles. The molecule has 1 heterocycles. The van der Waals surface area contributed by atoms with E-state index >= 15 is 0 Å². The van der Waals surface area contributed by atoms with Crippen LogP contribution in [0.15, 0.2) is 122 Å². The fraction of sp³-hybridized carbons (Fsp3) is 0.182. The molecule has 0 spiro atoms. The Morgan fingerprint density at radius 3 is 1.92 bits per heavy atom. The van der Waals surface area contributed by atoms with E-state index in [1.54, 1.807) is 7.11 Å². The lowest BCUT2D eigenvalue weighted by atomic mass is 9.77. The third kappa shape index (κ3) is 5.10. The van der Waals surface area contributed by atoms with Gasteiger partial charge in [-0.1, -0.05) is 103 Å². The molecule has 1 atom stereocenters. The van der Waals surface area contributed by atoms with E-state index in [2.05, 4.69) is 77.4 Å². The van der Waals surface area contributed by atoms with Gasteiger partial charge in [0.05, 0.1) is 25.2 Å². The number of nitrogens with zero attached hydrogens (tertiary/aromatic N) is 2. The molecule has 5 aromatic rings. The van der Waals surface area contributed by atoms with Gasteiger partial charge in [-0.2, -0.15) is 0 Å². The zero-order chi connectivity index (χ0) is 26.4. The second-order valence-electron chi connectivity index (χ2n) is 9.38. The monoisotopic (exact) mass is 522 g/mol. The predicted molar refractivity (Wildman–Crippen MR) is 153 cm³/mol. The average molecular weight is 523 g/mol. The summed E-state index contributed by atoms with van der Waals surface area (Å²) in [5.41, 5.74) is 4.35. The molecule has 0 radical (unpaired) electrons. The lowest BCUT2D eigenvalue weighted by molar-refractivity contribution is 0.160. The molecule has 192 valence electrons. The van der Waals surface area contributed by atoms with Crippen LogP contribution in [0.4, 0.5) is 0 Å². The maximum atomic E-state index is 11.1. The van der Waals surface area contributed by atoms with Crippen molar-refractivity contribution < 1.29 is 9.84 Å². The molecule has 0 saturated carbocycles. The zero-order valence-corrected chi connectivity index (χ0v) is 22.1. The van der Waals surface area contributed by atoms with Gasteiger partial charge < -0.3 is 14.4 Å². The second kappa shape index (κ2) is 11.7. The minimum atomic E-state index is -0.694. The van der Waals surface area contributed by atoms with Crippen LogP contribution in [0.2, 0.25) is 5.02 Å². The van der Waals surface area contributed by atoms with Crippen LogP contribution in [0.5, 0.6) is 5.75 Å². The Morgan fingerprint density at radius 1 is 0.842 bits per heavy atom. The summed E-state index contributed by atoms with van der Waals surface area (Å²) in [5, 5.41) is 11.8. The number of methoxy groups -OCH3 is 1. The number of ether oxygens (including phenoxy) is 1. The molecule has 4 aromatic carbocycles. The van der Waals surface area contributed by atoms with E-state index in [-0.39, 0.29) is 0 Å². The van der Waals surface area contributed by atoms with E-state index in [0.29, 0.717) is 17.1 Å². The topological polar surface area (TPSA) is 47.3 Å². The van der Waals surface area contributed by atoms with Crippen LogP contribution in [-0.4, -0.2) is 21.8 Å². The molecule has 1 unspecified atom stereocenters. The predicted octanol–water partition coefficient (Wildman–Crippen LogP) is 7.44. The first-order chi connectivity index (χ1) is 18.6. The first-order valence-electron chi connectivity index (χ1n) is 12.8. The fourth-order valence-corrected chi connectivity index (χ4v) is 5.39.